The van der Waals surface area contributed by atoms with Gasteiger partial charge < -0.3 is 10.4 Å². The van der Waals surface area contributed by atoms with Gasteiger partial charge in [-0.25, -0.2) is 4.98 Å². The van der Waals surface area contributed by atoms with E-state index in [1.165, 1.54) is 16.7 Å². The van der Waals surface area contributed by atoms with Crippen LogP contribution >= 0.6 is 11.6 Å². The van der Waals surface area contributed by atoms with E-state index in [-0.39, 0.29) is 16.6 Å². The highest BCUT2D eigenvalue weighted by Crippen LogP contribution is 2.17. The standard InChI is InChI=1S/C11H12ClN3O2/c1-13-4-5-15-10(17)8-6-7(16)2-3-9(8)14-11(15)12/h2-3,6,13,16H,4-5H2,1H3. The first-order valence-electron chi connectivity index (χ1n) is 5.17. The zero-order valence-electron chi connectivity index (χ0n) is 9.27. The van der Waals surface area contributed by atoms with Crippen LogP contribution in [0.5, 0.6) is 5.75 Å². The minimum absolute atomic E-state index is 0.0406. The molecule has 1 aromatic carbocycles. The van der Waals surface area contributed by atoms with E-state index >= 15 is 0 Å². The molecule has 0 aliphatic rings. The van der Waals surface area contributed by atoms with Crippen molar-refractivity contribution in [3.05, 3.63) is 33.8 Å². The van der Waals surface area contributed by atoms with Gasteiger partial charge in [-0.3, -0.25) is 9.36 Å². The predicted molar refractivity (Wildman–Crippen MR) is 66.6 cm³/mol. The molecule has 6 heteroatoms. The van der Waals surface area contributed by atoms with Gasteiger partial charge in [-0.15, -0.1) is 0 Å². The highest BCUT2D eigenvalue weighted by molar-refractivity contribution is 6.28. The smallest absolute Gasteiger partial charge is 0.262 e. The van der Waals surface area contributed by atoms with E-state index in [1.54, 1.807) is 13.1 Å². The summed E-state index contributed by atoms with van der Waals surface area (Å²) in [4.78, 5) is 16.2. The third-order valence-corrected chi connectivity index (χ3v) is 2.77. The fourth-order valence-electron chi connectivity index (χ4n) is 1.60. The number of benzene rings is 1. The van der Waals surface area contributed by atoms with E-state index in [1.807, 2.05) is 0 Å². The molecule has 1 heterocycles. The quantitative estimate of drug-likeness (QED) is 0.800. The molecule has 0 bridgehead atoms. The summed E-state index contributed by atoms with van der Waals surface area (Å²) in [5.74, 6) is 0.0406. The van der Waals surface area contributed by atoms with Gasteiger partial charge >= 0.3 is 0 Å². The van der Waals surface area contributed by atoms with E-state index < -0.39 is 0 Å². The van der Waals surface area contributed by atoms with Crippen molar-refractivity contribution in [2.24, 2.45) is 0 Å². The number of nitrogens with zero attached hydrogens (tertiary/aromatic N) is 2. The van der Waals surface area contributed by atoms with Crippen LogP contribution in [0.25, 0.3) is 10.9 Å². The molecular formula is C11H12ClN3O2. The average Bonchev–Trinajstić information content (AvgIpc) is 2.30. The average molecular weight is 254 g/mol. The third kappa shape index (κ3) is 2.25. The summed E-state index contributed by atoms with van der Waals surface area (Å²) in [5.41, 5.74) is 0.240. The Balaban J connectivity index is 2.65. The summed E-state index contributed by atoms with van der Waals surface area (Å²) in [5, 5.41) is 12.8. The Kier molecular flexibility index (Phi) is 3.31. The number of likely N-dealkylation sites (N-methyl/N-ethyl adjacent to an activating group) is 1. The molecule has 5 nitrogen and oxygen atoms in total. The lowest BCUT2D eigenvalue weighted by atomic mass is 10.2. The molecule has 2 N–H and O–H groups in total. The van der Waals surface area contributed by atoms with Crippen LogP contribution in [-0.2, 0) is 6.54 Å². The third-order valence-electron chi connectivity index (χ3n) is 2.48. The predicted octanol–water partition coefficient (Wildman–Crippen LogP) is 0.975. The van der Waals surface area contributed by atoms with E-state index in [0.29, 0.717) is 24.0 Å². The number of fused-ring (bicyclic) bond motifs is 1. The Morgan fingerprint density at radius 3 is 3.00 bits per heavy atom. The van der Waals surface area contributed by atoms with Gasteiger partial charge in [0.05, 0.1) is 10.9 Å². The van der Waals surface area contributed by atoms with Gasteiger partial charge in [0, 0.05) is 13.1 Å². The second-order valence-electron chi connectivity index (χ2n) is 3.64. The molecule has 17 heavy (non-hydrogen) atoms. The number of hydrogen-bond donors (Lipinski definition) is 2. The lowest BCUT2D eigenvalue weighted by Crippen LogP contribution is -2.26. The number of aromatic hydroxyl groups is 1. The lowest BCUT2D eigenvalue weighted by molar-refractivity contribution is 0.476. The molecule has 0 radical (unpaired) electrons. The molecule has 0 saturated carbocycles. The number of hydrogen-bond acceptors (Lipinski definition) is 4. The highest BCUT2D eigenvalue weighted by Gasteiger charge is 2.09. The van der Waals surface area contributed by atoms with Crippen molar-refractivity contribution in [2.45, 2.75) is 6.54 Å². The van der Waals surface area contributed by atoms with Crippen LogP contribution in [0.1, 0.15) is 0 Å². The van der Waals surface area contributed by atoms with Crippen LogP contribution in [0.15, 0.2) is 23.0 Å². The summed E-state index contributed by atoms with van der Waals surface area (Å²) < 4.78 is 1.37. The monoisotopic (exact) mass is 253 g/mol. The molecule has 2 aromatic rings. The summed E-state index contributed by atoms with van der Waals surface area (Å²) in [6.45, 7) is 1.05. The van der Waals surface area contributed by atoms with Crippen molar-refractivity contribution < 1.29 is 5.11 Å². The fourth-order valence-corrected chi connectivity index (χ4v) is 1.85. The molecule has 1 aromatic heterocycles. The number of rotatable bonds is 3. The summed E-state index contributed by atoms with van der Waals surface area (Å²) >= 11 is 5.95. The summed E-state index contributed by atoms with van der Waals surface area (Å²) in [6.07, 6.45) is 0. The van der Waals surface area contributed by atoms with Crippen molar-refractivity contribution in [1.29, 1.82) is 0 Å². The molecule has 0 atom stereocenters. The zero-order chi connectivity index (χ0) is 12.4. The van der Waals surface area contributed by atoms with Crippen LogP contribution in [-0.4, -0.2) is 28.3 Å². The first-order valence-corrected chi connectivity index (χ1v) is 5.55. The fraction of sp³-hybridized carbons (Fsp3) is 0.273. The summed E-state index contributed by atoms with van der Waals surface area (Å²) in [6, 6.07) is 4.44. The first kappa shape index (κ1) is 11.9. The Hall–Kier alpha value is -1.59. The maximum atomic E-state index is 12.1. The number of phenols is 1. The Bertz CT molecular complexity index is 609. The lowest BCUT2D eigenvalue weighted by Gasteiger charge is -2.08. The van der Waals surface area contributed by atoms with Crippen LogP contribution < -0.4 is 10.9 Å². The summed E-state index contributed by atoms with van der Waals surface area (Å²) in [7, 11) is 1.79. The second-order valence-corrected chi connectivity index (χ2v) is 3.98. The van der Waals surface area contributed by atoms with Crippen molar-refractivity contribution in [3.63, 3.8) is 0 Å². The van der Waals surface area contributed by atoms with E-state index in [4.69, 9.17) is 11.6 Å². The second kappa shape index (κ2) is 4.73. The molecule has 0 unspecified atom stereocenters. The van der Waals surface area contributed by atoms with Crippen LogP contribution in [0.4, 0.5) is 0 Å². The van der Waals surface area contributed by atoms with Gasteiger partial charge in [-0.05, 0) is 36.8 Å². The normalized spacial score (nSPS) is 10.9. The minimum atomic E-state index is -0.244. The van der Waals surface area contributed by atoms with Crippen LogP contribution in [0, 0.1) is 0 Å². The maximum Gasteiger partial charge on any atom is 0.262 e. The highest BCUT2D eigenvalue weighted by atomic mass is 35.5. The van der Waals surface area contributed by atoms with Gasteiger partial charge in [0.15, 0.2) is 0 Å². The SMILES string of the molecule is CNCCn1c(Cl)nc2ccc(O)cc2c1=O. The number of aromatic nitrogens is 2. The molecule has 0 amide bonds. The largest absolute Gasteiger partial charge is 0.508 e. The van der Waals surface area contributed by atoms with E-state index in [0.717, 1.165) is 0 Å². The van der Waals surface area contributed by atoms with Gasteiger partial charge in [-0.2, -0.15) is 0 Å². The van der Waals surface area contributed by atoms with Gasteiger partial charge in [0.2, 0.25) is 5.28 Å². The number of nitrogens with one attached hydrogen (secondary N) is 1. The Morgan fingerprint density at radius 1 is 1.53 bits per heavy atom. The van der Waals surface area contributed by atoms with Gasteiger partial charge in [-0.1, -0.05) is 0 Å². The van der Waals surface area contributed by atoms with Crippen molar-refractivity contribution in [1.82, 2.24) is 14.9 Å². The number of phenolic OH excluding ortho intramolecular Hbond substituents is 1. The first-order chi connectivity index (χ1) is 8.13. The Labute approximate surface area is 103 Å². The molecule has 2 rings (SSSR count). The molecular weight excluding hydrogens is 242 g/mol. The molecule has 0 aliphatic carbocycles. The zero-order valence-corrected chi connectivity index (χ0v) is 10.0. The van der Waals surface area contributed by atoms with Crippen molar-refractivity contribution in [3.8, 4) is 5.75 Å². The van der Waals surface area contributed by atoms with Crippen LogP contribution in [0.3, 0.4) is 0 Å². The molecule has 0 aliphatic heterocycles. The van der Waals surface area contributed by atoms with Crippen molar-refractivity contribution >= 4 is 22.5 Å². The Morgan fingerprint density at radius 2 is 2.29 bits per heavy atom. The van der Waals surface area contributed by atoms with E-state index in [2.05, 4.69) is 10.3 Å². The van der Waals surface area contributed by atoms with E-state index in [9.17, 15) is 9.90 Å². The molecule has 0 saturated heterocycles. The van der Waals surface area contributed by atoms with Gasteiger partial charge in [0.1, 0.15) is 5.75 Å². The molecule has 0 fully saturated rings. The van der Waals surface area contributed by atoms with Crippen LogP contribution in [0.2, 0.25) is 5.28 Å². The van der Waals surface area contributed by atoms with Crippen molar-refractivity contribution in [2.75, 3.05) is 13.6 Å². The maximum absolute atomic E-state index is 12.1. The molecule has 90 valence electrons. The topological polar surface area (TPSA) is 67.2 Å². The number of halogens is 1. The molecule has 0 spiro atoms. The minimum Gasteiger partial charge on any atom is -0.508 e. The van der Waals surface area contributed by atoms with Gasteiger partial charge in [0.25, 0.3) is 5.56 Å².